The molecule has 4 heteroatoms. The van der Waals surface area contributed by atoms with Gasteiger partial charge in [0.1, 0.15) is 0 Å². The normalized spacial score (nSPS) is 22.7. The number of H-pyrrole nitrogens is 1. The smallest absolute Gasteiger partial charge is 0.227 e. The SMILES string of the molecule is COC1CN(C(=O)Cc2c[nH]c3ccccc23)CCC1C. The average Bonchev–Trinajstić information content (AvgIpc) is 2.91. The van der Waals surface area contributed by atoms with Crippen LogP contribution in [0, 0.1) is 5.92 Å². The lowest BCUT2D eigenvalue weighted by Gasteiger charge is -2.36. The molecule has 0 bridgehead atoms. The molecule has 0 saturated carbocycles. The van der Waals surface area contributed by atoms with Crippen LogP contribution in [0.5, 0.6) is 0 Å². The number of piperidine rings is 1. The summed E-state index contributed by atoms with van der Waals surface area (Å²) in [5.41, 5.74) is 2.16. The molecule has 0 aliphatic carbocycles. The number of benzene rings is 1. The molecule has 0 radical (unpaired) electrons. The second-order valence-electron chi connectivity index (χ2n) is 5.92. The highest BCUT2D eigenvalue weighted by Gasteiger charge is 2.28. The molecule has 1 fully saturated rings. The first-order chi connectivity index (χ1) is 10.2. The van der Waals surface area contributed by atoms with Gasteiger partial charge in [-0.15, -0.1) is 0 Å². The Labute approximate surface area is 125 Å². The molecule has 112 valence electrons. The van der Waals surface area contributed by atoms with E-state index in [1.54, 1.807) is 7.11 Å². The first-order valence-electron chi connectivity index (χ1n) is 7.54. The van der Waals surface area contributed by atoms with Gasteiger partial charge in [0, 0.05) is 37.3 Å². The highest BCUT2D eigenvalue weighted by Crippen LogP contribution is 2.22. The minimum Gasteiger partial charge on any atom is -0.379 e. The Morgan fingerprint density at radius 1 is 1.43 bits per heavy atom. The maximum Gasteiger partial charge on any atom is 0.227 e. The third-order valence-corrected chi connectivity index (χ3v) is 4.56. The van der Waals surface area contributed by atoms with Crippen molar-refractivity contribution in [2.75, 3.05) is 20.2 Å². The summed E-state index contributed by atoms with van der Waals surface area (Å²) in [5, 5.41) is 1.14. The molecule has 0 spiro atoms. The summed E-state index contributed by atoms with van der Waals surface area (Å²) < 4.78 is 5.49. The maximum absolute atomic E-state index is 12.5. The largest absolute Gasteiger partial charge is 0.379 e. The van der Waals surface area contributed by atoms with E-state index < -0.39 is 0 Å². The minimum absolute atomic E-state index is 0.158. The Hall–Kier alpha value is -1.81. The second kappa shape index (κ2) is 5.90. The van der Waals surface area contributed by atoms with Gasteiger partial charge in [0.25, 0.3) is 0 Å². The van der Waals surface area contributed by atoms with Crippen molar-refractivity contribution in [1.82, 2.24) is 9.88 Å². The number of carbonyl (C=O) groups excluding carboxylic acids is 1. The summed E-state index contributed by atoms with van der Waals surface area (Å²) in [4.78, 5) is 17.7. The quantitative estimate of drug-likeness (QED) is 0.942. The van der Waals surface area contributed by atoms with Crippen molar-refractivity contribution in [3.05, 3.63) is 36.0 Å². The number of ether oxygens (including phenoxy) is 1. The van der Waals surface area contributed by atoms with Gasteiger partial charge in [0.15, 0.2) is 0 Å². The summed E-state index contributed by atoms with van der Waals surface area (Å²) in [6.07, 6.45) is 3.57. The third kappa shape index (κ3) is 2.81. The summed E-state index contributed by atoms with van der Waals surface area (Å²) >= 11 is 0. The third-order valence-electron chi connectivity index (χ3n) is 4.56. The van der Waals surface area contributed by atoms with Crippen molar-refractivity contribution in [3.63, 3.8) is 0 Å². The number of amides is 1. The first-order valence-corrected chi connectivity index (χ1v) is 7.54. The molecule has 1 aromatic heterocycles. The number of hydrogen-bond donors (Lipinski definition) is 1. The van der Waals surface area contributed by atoms with Crippen LogP contribution >= 0.6 is 0 Å². The fourth-order valence-corrected chi connectivity index (χ4v) is 3.12. The van der Waals surface area contributed by atoms with Gasteiger partial charge in [-0.05, 0) is 24.0 Å². The van der Waals surface area contributed by atoms with E-state index >= 15 is 0 Å². The molecule has 2 heterocycles. The van der Waals surface area contributed by atoms with E-state index in [9.17, 15) is 4.79 Å². The predicted octanol–water partition coefficient (Wildman–Crippen LogP) is 2.59. The number of hydrogen-bond acceptors (Lipinski definition) is 2. The van der Waals surface area contributed by atoms with Crippen molar-refractivity contribution < 1.29 is 9.53 Å². The van der Waals surface area contributed by atoms with Crippen molar-refractivity contribution in [2.24, 2.45) is 5.92 Å². The number of methoxy groups -OCH3 is 1. The van der Waals surface area contributed by atoms with Gasteiger partial charge >= 0.3 is 0 Å². The molecule has 1 N–H and O–H groups in total. The van der Waals surface area contributed by atoms with Gasteiger partial charge in [0.2, 0.25) is 5.91 Å². The molecule has 1 saturated heterocycles. The lowest BCUT2D eigenvalue weighted by Crippen LogP contribution is -2.47. The number of fused-ring (bicyclic) bond motifs is 1. The number of aromatic nitrogens is 1. The summed E-state index contributed by atoms with van der Waals surface area (Å²) in [5.74, 6) is 0.709. The summed E-state index contributed by atoms with van der Waals surface area (Å²) in [6, 6.07) is 8.10. The zero-order chi connectivity index (χ0) is 14.8. The van der Waals surface area contributed by atoms with Crippen molar-refractivity contribution >= 4 is 16.8 Å². The van der Waals surface area contributed by atoms with Crippen LogP contribution in [-0.2, 0) is 16.0 Å². The summed E-state index contributed by atoms with van der Waals surface area (Å²) in [6.45, 7) is 3.73. The molecule has 21 heavy (non-hydrogen) atoms. The number of carbonyl (C=O) groups is 1. The topological polar surface area (TPSA) is 45.3 Å². The average molecular weight is 286 g/mol. The van der Waals surface area contributed by atoms with E-state index in [2.05, 4.69) is 18.0 Å². The molecule has 1 aliphatic heterocycles. The molecule has 1 amide bonds. The molecule has 1 aromatic carbocycles. The van der Waals surface area contributed by atoms with Crippen molar-refractivity contribution in [1.29, 1.82) is 0 Å². The number of nitrogens with one attached hydrogen (secondary N) is 1. The van der Waals surface area contributed by atoms with Crippen molar-refractivity contribution in [3.8, 4) is 0 Å². The van der Waals surface area contributed by atoms with E-state index in [1.165, 1.54) is 0 Å². The fourth-order valence-electron chi connectivity index (χ4n) is 3.12. The Bertz CT molecular complexity index is 635. The zero-order valence-corrected chi connectivity index (χ0v) is 12.6. The highest BCUT2D eigenvalue weighted by molar-refractivity contribution is 5.88. The maximum atomic E-state index is 12.5. The molecule has 3 rings (SSSR count). The lowest BCUT2D eigenvalue weighted by molar-refractivity contribution is -0.135. The number of aromatic amines is 1. The van der Waals surface area contributed by atoms with Crippen LogP contribution in [0.25, 0.3) is 10.9 Å². The van der Waals surface area contributed by atoms with Crippen LogP contribution < -0.4 is 0 Å². The first kappa shape index (κ1) is 14.1. The van der Waals surface area contributed by atoms with E-state index in [4.69, 9.17) is 4.74 Å². The van der Waals surface area contributed by atoms with E-state index in [1.807, 2.05) is 29.3 Å². The number of para-hydroxylation sites is 1. The molecular weight excluding hydrogens is 264 g/mol. The Kier molecular flexibility index (Phi) is 3.97. The number of nitrogens with zero attached hydrogens (tertiary/aromatic N) is 1. The standard InChI is InChI=1S/C17H22N2O2/c1-12-7-8-19(11-16(12)21-2)17(20)9-13-10-18-15-6-4-3-5-14(13)15/h3-6,10,12,16,18H,7-9,11H2,1-2H3. The van der Waals surface area contributed by atoms with Gasteiger partial charge in [-0.1, -0.05) is 25.1 Å². The van der Waals surface area contributed by atoms with E-state index in [0.717, 1.165) is 29.4 Å². The van der Waals surface area contributed by atoms with Gasteiger partial charge < -0.3 is 14.6 Å². The van der Waals surface area contributed by atoms with Crippen LogP contribution in [0.4, 0.5) is 0 Å². The molecule has 1 aliphatic rings. The highest BCUT2D eigenvalue weighted by atomic mass is 16.5. The van der Waals surface area contributed by atoms with Gasteiger partial charge in [-0.25, -0.2) is 0 Å². The van der Waals surface area contributed by atoms with Crippen LogP contribution in [0.15, 0.2) is 30.5 Å². The van der Waals surface area contributed by atoms with E-state index in [0.29, 0.717) is 18.9 Å². The van der Waals surface area contributed by atoms with Crippen LogP contribution in [-0.4, -0.2) is 42.1 Å². The lowest BCUT2D eigenvalue weighted by atomic mass is 9.95. The van der Waals surface area contributed by atoms with Gasteiger partial charge in [-0.3, -0.25) is 4.79 Å². The molecular formula is C17H22N2O2. The Morgan fingerprint density at radius 2 is 2.24 bits per heavy atom. The van der Waals surface area contributed by atoms with Crippen LogP contribution in [0.2, 0.25) is 0 Å². The van der Waals surface area contributed by atoms with Crippen LogP contribution in [0.1, 0.15) is 18.9 Å². The molecule has 4 nitrogen and oxygen atoms in total. The second-order valence-corrected chi connectivity index (χ2v) is 5.92. The van der Waals surface area contributed by atoms with Crippen LogP contribution in [0.3, 0.4) is 0 Å². The van der Waals surface area contributed by atoms with Crippen molar-refractivity contribution in [2.45, 2.75) is 25.9 Å². The fraction of sp³-hybridized carbons (Fsp3) is 0.471. The molecule has 2 atom stereocenters. The molecule has 2 unspecified atom stereocenters. The molecule has 2 aromatic rings. The van der Waals surface area contributed by atoms with Gasteiger partial charge in [0.05, 0.1) is 12.5 Å². The monoisotopic (exact) mass is 286 g/mol. The predicted molar refractivity (Wildman–Crippen MR) is 83.2 cm³/mol. The van der Waals surface area contributed by atoms with E-state index in [-0.39, 0.29) is 12.0 Å². The number of rotatable bonds is 3. The Balaban J connectivity index is 1.71. The Morgan fingerprint density at radius 3 is 3.05 bits per heavy atom. The number of likely N-dealkylation sites (tertiary alicyclic amines) is 1. The summed E-state index contributed by atoms with van der Waals surface area (Å²) in [7, 11) is 1.73. The van der Waals surface area contributed by atoms with Gasteiger partial charge in [-0.2, -0.15) is 0 Å². The zero-order valence-electron chi connectivity index (χ0n) is 12.6. The minimum atomic E-state index is 0.158.